The van der Waals surface area contributed by atoms with Crippen LogP contribution in [0.5, 0.6) is 17.2 Å². The number of rotatable bonds is 10. The Balaban J connectivity index is 2.06. The summed E-state index contributed by atoms with van der Waals surface area (Å²) >= 11 is 0. The predicted octanol–water partition coefficient (Wildman–Crippen LogP) is 4.49. The second-order valence-corrected chi connectivity index (χ2v) is 8.12. The summed E-state index contributed by atoms with van der Waals surface area (Å²) in [5.74, 6) is -1.99. The van der Waals surface area contributed by atoms with Gasteiger partial charge in [-0.2, -0.15) is 0 Å². The van der Waals surface area contributed by atoms with Crippen LogP contribution in [0.4, 0.5) is 4.39 Å². The highest BCUT2D eigenvalue weighted by molar-refractivity contribution is 5.99. The minimum atomic E-state index is -0.768. The van der Waals surface area contributed by atoms with Crippen LogP contribution in [0.3, 0.4) is 0 Å². The molecular formula is C24H30FNO6. The zero-order valence-electron chi connectivity index (χ0n) is 19.2. The summed E-state index contributed by atoms with van der Waals surface area (Å²) in [5.41, 5.74) is 0.475. The van der Waals surface area contributed by atoms with Gasteiger partial charge in [-0.1, -0.05) is 20.8 Å². The van der Waals surface area contributed by atoms with E-state index in [2.05, 4.69) is 4.98 Å². The van der Waals surface area contributed by atoms with Crippen molar-refractivity contribution in [1.82, 2.24) is 4.98 Å². The summed E-state index contributed by atoms with van der Waals surface area (Å²) < 4.78 is 29.9. The van der Waals surface area contributed by atoms with E-state index in [-0.39, 0.29) is 35.3 Å². The fraction of sp³-hybridized carbons (Fsp3) is 0.458. The van der Waals surface area contributed by atoms with Crippen molar-refractivity contribution in [3.63, 3.8) is 0 Å². The van der Waals surface area contributed by atoms with Gasteiger partial charge in [0.15, 0.2) is 23.0 Å². The predicted molar refractivity (Wildman–Crippen MR) is 117 cm³/mol. The third-order valence-corrected chi connectivity index (χ3v) is 5.09. The maximum absolute atomic E-state index is 13.3. The van der Waals surface area contributed by atoms with Gasteiger partial charge < -0.3 is 19.3 Å². The number of carbonyl (C=O) groups excluding carboxylic acids is 2. The van der Waals surface area contributed by atoms with Crippen molar-refractivity contribution in [3.05, 3.63) is 47.5 Å². The third kappa shape index (κ3) is 6.18. The van der Waals surface area contributed by atoms with Crippen molar-refractivity contribution in [2.45, 2.75) is 53.2 Å². The van der Waals surface area contributed by atoms with Crippen LogP contribution in [0, 0.1) is 24.6 Å². The zero-order valence-corrected chi connectivity index (χ0v) is 19.2. The summed E-state index contributed by atoms with van der Waals surface area (Å²) in [7, 11) is 1.37. The van der Waals surface area contributed by atoms with Gasteiger partial charge in [-0.25, -0.2) is 9.37 Å². The number of benzene rings is 1. The lowest BCUT2D eigenvalue weighted by molar-refractivity contribution is -0.161. The first-order chi connectivity index (χ1) is 15.0. The number of hydrogen-bond donors (Lipinski definition) is 1. The summed E-state index contributed by atoms with van der Waals surface area (Å²) in [6.45, 7) is 8.86. The minimum Gasteiger partial charge on any atom is -0.503 e. The molecule has 0 amide bonds. The fourth-order valence-corrected chi connectivity index (χ4v) is 3.30. The Bertz CT molecular complexity index is 962. The number of pyridine rings is 1. The van der Waals surface area contributed by atoms with E-state index in [0.717, 1.165) is 0 Å². The van der Waals surface area contributed by atoms with E-state index < -0.39 is 29.9 Å². The van der Waals surface area contributed by atoms with Crippen LogP contribution < -0.4 is 9.47 Å². The number of ketones is 1. The molecule has 174 valence electrons. The molecule has 3 atom stereocenters. The van der Waals surface area contributed by atoms with Gasteiger partial charge >= 0.3 is 5.97 Å². The van der Waals surface area contributed by atoms with Gasteiger partial charge in [0.2, 0.25) is 0 Å². The van der Waals surface area contributed by atoms with E-state index in [1.54, 1.807) is 20.8 Å². The molecule has 0 saturated carbocycles. The maximum Gasteiger partial charge on any atom is 0.309 e. The molecule has 0 aliphatic carbocycles. The van der Waals surface area contributed by atoms with Gasteiger partial charge in [0, 0.05) is 18.7 Å². The number of aromatic hydroxyl groups is 1. The van der Waals surface area contributed by atoms with E-state index in [1.165, 1.54) is 37.6 Å². The van der Waals surface area contributed by atoms with Gasteiger partial charge in [0.05, 0.1) is 13.0 Å². The molecule has 0 spiro atoms. The van der Waals surface area contributed by atoms with Gasteiger partial charge in [0.1, 0.15) is 23.8 Å². The van der Waals surface area contributed by atoms with E-state index >= 15 is 0 Å². The number of ether oxygens (including phenoxy) is 3. The molecule has 1 N–H and O–H groups in total. The number of nitrogens with zero attached hydrogens (tertiary/aromatic N) is 1. The van der Waals surface area contributed by atoms with Crippen molar-refractivity contribution in [2.75, 3.05) is 7.11 Å². The minimum absolute atomic E-state index is 0.0679. The van der Waals surface area contributed by atoms with Crippen LogP contribution in [0.25, 0.3) is 0 Å². The number of aryl methyl sites for hydroxylation is 1. The first-order valence-electron chi connectivity index (χ1n) is 10.4. The summed E-state index contributed by atoms with van der Waals surface area (Å²) in [6.07, 6.45) is 0.0620. The number of methoxy groups -OCH3 is 1. The maximum atomic E-state index is 13.3. The lowest BCUT2D eigenvalue weighted by atomic mass is 10.00. The number of carbonyl (C=O) groups is 2. The Kier molecular flexibility index (Phi) is 8.57. The molecule has 0 unspecified atom stereocenters. The van der Waals surface area contributed by atoms with Crippen LogP contribution in [-0.4, -0.2) is 41.2 Å². The molecule has 1 aromatic heterocycles. The van der Waals surface area contributed by atoms with Crippen LogP contribution >= 0.6 is 0 Å². The van der Waals surface area contributed by atoms with Crippen molar-refractivity contribution >= 4 is 11.8 Å². The quantitative estimate of drug-likeness (QED) is 0.424. The number of esters is 1. The van der Waals surface area contributed by atoms with E-state index in [4.69, 9.17) is 14.2 Å². The normalized spacial score (nSPS) is 13.9. The summed E-state index contributed by atoms with van der Waals surface area (Å²) in [6, 6.07) is 5.64. The second kappa shape index (κ2) is 10.9. The van der Waals surface area contributed by atoms with Gasteiger partial charge in [-0.05, 0) is 43.5 Å². The first kappa shape index (κ1) is 25.1. The fourth-order valence-electron chi connectivity index (χ4n) is 3.30. The van der Waals surface area contributed by atoms with Gasteiger partial charge in [0.25, 0.3) is 0 Å². The molecule has 32 heavy (non-hydrogen) atoms. The molecule has 0 saturated heterocycles. The monoisotopic (exact) mass is 447 g/mol. The smallest absolute Gasteiger partial charge is 0.309 e. The molecule has 1 aromatic carbocycles. The van der Waals surface area contributed by atoms with Crippen LogP contribution in [-0.2, 0) is 9.53 Å². The van der Waals surface area contributed by atoms with Gasteiger partial charge in [-0.3, -0.25) is 9.59 Å². The SMILES string of the molecule is COc1ccnc(C(=O)C[C@@H](C)C(=O)O[C@H](C(C)C)[C@H](C)Oc2ccc(F)cc2C)c1O. The average molecular weight is 448 g/mol. The molecule has 2 rings (SSSR count). The Labute approximate surface area is 187 Å². The average Bonchev–Trinajstić information content (AvgIpc) is 2.73. The van der Waals surface area contributed by atoms with E-state index in [9.17, 15) is 19.1 Å². The Morgan fingerprint density at radius 1 is 1.12 bits per heavy atom. The molecule has 0 radical (unpaired) electrons. The van der Waals surface area contributed by atoms with Crippen LogP contribution in [0.1, 0.15) is 50.2 Å². The number of aromatic nitrogens is 1. The molecule has 8 heteroatoms. The van der Waals surface area contributed by atoms with Crippen LogP contribution in [0.2, 0.25) is 0 Å². The lowest BCUT2D eigenvalue weighted by Gasteiger charge is -2.29. The van der Waals surface area contributed by atoms with Crippen molar-refractivity contribution in [2.24, 2.45) is 11.8 Å². The van der Waals surface area contributed by atoms with Crippen molar-refractivity contribution < 1.29 is 33.3 Å². The van der Waals surface area contributed by atoms with Crippen LogP contribution in [0.15, 0.2) is 30.5 Å². The third-order valence-electron chi connectivity index (χ3n) is 5.09. The first-order valence-corrected chi connectivity index (χ1v) is 10.4. The molecule has 0 aliphatic rings. The highest BCUT2D eigenvalue weighted by Gasteiger charge is 2.30. The molecule has 1 heterocycles. The van der Waals surface area contributed by atoms with Crippen molar-refractivity contribution in [1.29, 1.82) is 0 Å². The Morgan fingerprint density at radius 3 is 2.41 bits per heavy atom. The molecule has 0 fully saturated rings. The topological polar surface area (TPSA) is 95.0 Å². The molecular weight excluding hydrogens is 417 g/mol. The molecule has 2 aromatic rings. The highest BCUT2D eigenvalue weighted by atomic mass is 19.1. The van der Waals surface area contributed by atoms with E-state index in [1.807, 2.05) is 13.8 Å². The largest absolute Gasteiger partial charge is 0.503 e. The Morgan fingerprint density at radius 2 is 1.81 bits per heavy atom. The molecule has 7 nitrogen and oxygen atoms in total. The summed E-state index contributed by atoms with van der Waals surface area (Å²) in [5, 5.41) is 10.1. The number of halogens is 1. The highest BCUT2D eigenvalue weighted by Crippen LogP contribution is 2.29. The van der Waals surface area contributed by atoms with E-state index in [0.29, 0.717) is 11.3 Å². The number of Topliss-reactive ketones (excluding diaryl/α,β-unsaturated/α-hetero) is 1. The molecule has 0 aliphatic heterocycles. The lowest BCUT2D eigenvalue weighted by Crippen LogP contribution is -2.39. The van der Waals surface area contributed by atoms with Crippen molar-refractivity contribution in [3.8, 4) is 17.2 Å². The summed E-state index contributed by atoms with van der Waals surface area (Å²) in [4.78, 5) is 29.2. The molecule has 0 bridgehead atoms. The van der Waals surface area contributed by atoms with Gasteiger partial charge in [-0.15, -0.1) is 0 Å². The standard InChI is InChI=1S/C24H30FNO6/c1-13(2)23(16(5)31-19-8-7-17(25)11-14(19)3)32-24(29)15(4)12-18(27)21-22(28)20(30-6)9-10-26-21/h7-11,13,15-16,23,28H,12H2,1-6H3/t15-,16+,23-/m1/s1. The number of hydrogen-bond acceptors (Lipinski definition) is 7. The zero-order chi connectivity index (χ0) is 24.0. The second-order valence-electron chi connectivity index (χ2n) is 8.12. The Hall–Kier alpha value is -3.16.